The van der Waals surface area contributed by atoms with Crippen molar-refractivity contribution in [2.45, 2.75) is 90.1 Å². The normalized spacial score (nSPS) is 21.4. The number of ether oxygens (including phenoxy) is 3. The Morgan fingerprint density at radius 3 is 1.83 bits per heavy atom. The zero-order chi connectivity index (χ0) is 33.7. The molecule has 0 saturated heterocycles. The summed E-state index contributed by atoms with van der Waals surface area (Å²) >= 11 is 0. The van der Waals surface area contributed by atoms with Crippen LogP contribution in [0.2, 0.25) is 0 Å². The van der Waals surface area contributed by atoms with Gasteiger partial charge >= 0.3 is 5.97 Å². The fourth-order valence-electron chi connectivity index (χ4n) is 7.02. The van der Waals surface area contributed by atoms with E-state index in [0.29, 0.717) is 36.7 Å². The van der Waals surface area contributed by atoms with E-state index in [4.69, 9.17) is 14.2 Å². The van der Waals surface area contributed by atoms with Crippen molar-refractivity contribution < 1.29 is 45.3 Å². The van der Waals surface area contributed by atoms with E-state index in [-0.39, 0.29) is 30.6 Å². The Balaban J connectivity index is 1.14. The number of esters is 1. The van der Waals surface area contributed by atoms with E-state index in [1.807, 2.05) is 6.92 Å². The molecular formula is C37H40F6O4. The second-order valence-electron chi connectivity index (χ2n) is 12.5. The van der Waals surface area contributed by atoms with Gasteiger partial charge in [0.1, 0.15) is 6.10 Å². The maximum absolute atomic E-state index is 15.1. The number of hydrogen-bond donors (Lipinski definition) is 0. The van der Waals surface area contributed by atoms with E-state index in [0.717, 1.165) is 69.2 Å². The molecule has 0 atom stereocenters. The lowest BCUT2D eigenvalue weighted by molar-refractivity contribution is 0.0109. The Morgan fingerprint density at radius 2 is 1.19 bits per heavy atom. The van der Waals surface area contributed by atoms with Crippen molar-refractivity contribution in [2.24, 2.45) is 11.8 Å². The zero-order valence-electron chi connectivity index (χ0n) is 26.7. The number of carbonyl (C=O) groups excluding carboxylic acids is 1. The van der Waals surface area contributed by atoms with Gasteiger partial charge in [-0.2, -0.15) is 8.78 Å². The lowest BCUT2D eigenvalue weighted by Gasteiger charge is -2.37. The predicted octanol–water partition coefficient (Wildman–Crippen LogP) is 10.5. The summed E-state index contributed by atoms with van der Waals surface area (Å²) in [5.74, 6) is -8.11. The average molecular weight is 663 g/mol. The van der Waals surface area contributed by atoms with Crippen LogP contribution in [-0.4, -0.2) is 25.3 Å². The number of benzene rings is 3. The van der Waals surface area contributed by atoms with Crippen LogP contribution in [-0.2, 0) is 4.74 Å². The first kappa shape index (κ1) is 34.6. The SMILES string of the molecule is CCCCOc1ccc(-c2ccc(C(=O)OC3CCC(C4CCC(c5ccc(OCC)c(F)c5F)CC4)CC3)c(F)c2F)c(F)c1F. The van der Waals surface area contributed by atoms with Gasteiger partial charge in [-0.1, -0.05) is 25.5 Å². The second kappa shape index (κ2) is 15.5. The zero-order valence-corrected chi connectivity index (χ0v) is 26.7. The standard InChI is InChI=1S/C37H40F6O4/c1-3-5-20-46-30-19-17-27(33(40)36(30)43)26-14-15-28(34(41)32(26)39)37(44)47-24-12-10-22(11-13-24)21-6-8-23(9-7-21)25-16-18-29(45-4-2)35(42)31(25)38/h14-19,21-24H,3-13,20H2,1-2H3. The van der Waals surface area contributed by atoms with Gasteiger partial charge in [-0.15, -0.1) is 0 Å². The monoisotopic (exact) mass is 662 g/mol. The molecule has 47 heavy (non-hydrogen) atoms. The summed E-state index contributed by atoms with van der Waals surface area (Å²) in [6, 6.07) is 7.43. The van der Waals surface area contributed by atoms with Crippen molar-refractivity contribution >= 4 is 5.97 Å². The van der Waals surface area contributed by atoms with E-state index in [1.165, 1.54) is 6.07 Å². The first-order valence-electron chi connectivity index (χ1n) is 16.5. The van der Waals surface area contributed by atoms with Crippen LogP contribution in [0.5, 0.6) is 11.5 Å². The van der Waals surface area contributed by atoms with Crippen molar-refractivity contribution in [1.82, 2.24) is 0 Å². The fraction of sp³-hybridized carbons (Fsp3) is 0.486. The van der Waals surface area contributed by atoms with Crippen LogP contribution < -0.4 is 9.47 Å². The molecule has 2 aliphatic rings. The van der Waals surface area contributed by atoms with Gasteiger partial charge in [0, 0.05) is 11.1 Å². The third-order valence-electron chi connectivity index (χ3n) is 9.64. The molecule has 5 rings (SSSR count). The van der Waals surface area contributed by atoms with Gasteiger partial charge < -0.3 is 14.2 Å². The summed E-state index contributed by atoms with van der Waals surface area (Å²) in [6.45, 7) is 4.07. The molecule has 0 unspecified atom stereocenters. The fourth-order valence-corrected chi connectivity index (χ4v) is 7.02. The van der Waals surface area contributed by atoms with Crippen LogP contribution in [0.25, 0.3) is 11.1 Å². The topological polar surface area (TPSA) is 44.8 Å². The molecule has 0 amide bonds. The van der Waals surface area contributed by atoms with Crippen LogP contribution in [0.3, 0.4) is 0 Å². The predicted molar refractivity (Wildman–Crippen MR) is 166 cm³/mol. The molecule has 254 valence electrons. The Hall–Kier alpha value is -3.69. The molecule has 4 nitrogen and oxygen atoms in total. The third-order valence-corrected chi connectivity index (χ3v) is 9.64. The average Bonchev–Trinajstić information content (AvgIpc) is 3.07. The number of hydrogen-bond acceptors (Lipinski definition) is 4. The summed E-state index contributed by atoms with van der Waals surface area (Å²) in [5.41, 5.74) is -1.25. The Kier molecular flexibility index (Phi) is 11.4. The van der Waals surface area contributed by atoms with Crippen LogP contribution in [0.4, 0.5) is 26.3 Å². The van der Waals surface area contributed by atoms with E-state index in [9.17, 15) is 22.4 Å². The van der Waals surface area contributed by atoms with Crippen molar-refractivity contribution in [2.75, 3.05) is 13.2 Å². The first-order valence-corrected chi connectivity index (χ1v) is 16.5. The molecule has 0 aromatic heterocycles. The highest BCUT2D eigenvalue weighted by Crippen LogP contribution is 2.44. The van der Waals surface area contributed by atoms with Crippen LogP contribution in [0, 0.1) is 46.7 Å². The molecule has 0 aliphatic heterocycles. The maximum atomic E-state index is 15.1. The van der Waals surface area contributed by atoms with Crippen molar-refractivity contribution in [3.63, 3.8) is 0 Å². The van der Waals surface area contributed by atoms with E-state index in [2.05, 4.69) is 0 Å². The highest BCUT2D eigenvalue weighted by molar-refractivity contribution is 5.90. The van der Waals surface area contributed by atoms with E-state index >= 15 is 8.78 Å². The smallest absolute Gasteiger partial charge is 0.341 e. The first-order chi connectivity index (χ1) is 22.6. The number of rotatable bonds is 11. The molecule has 2 fully saturated rings. The Morgan fingerprint density at radius 1 is 0.638 bits per heavy atom. The largest absolute Gasteiger partial charge is 0.491 e. The third kappa shape index (κ3) is 7.57. The molecule has 2 aliphatic carbocycles. The van der Waals surface area contributed by atoms with Crippen molar-refractivity contribution in [3.8, 4) is 22.6 Å². The minimum Gasteiger partial charge on any atom is -0.491 e. The lowest BCUT2D eigenvalue weighted by atomic mass is 9.69. The summed E-state index contributed by atoms with van der Waals surface area (Å²) < 4.78 is 105. The summed E-state index contributed by atoms with van der Waals surface area (Å²) in [5, 5.41) is 0. The summed E-state index contributed by atoms with van der Waals surface area (Å²) in [4.78, 5) is 12.8. The maximum Gasteiger partial charge on any atom is 0.341 e. The number of carbonyl (C=O) groups is 1. The second-order valence-corrected chi connectivity index (χ2v) is 12.5. The summed E-state index contributed by atoms with van der Waals surface area (Å²) in [6.07, 6.45) is 6.93. The molecule has 3 aromatic rings. The molecule has 0 N–H and O–H groups in total. The highest BCUT2D eigenvalue weighted by Gasteiger charge is 2.34. The van der Waals surface area contributed by atoms with Gasteiger partial charge in [0.05, 0.1) is 18.8 Å². The minimum atomic E-state index is -1.50. The Labute approximate surface area is 271 Å². The van der Waals surface area contributed by atoms with Crippen LogP contribution in [0.1, 0.15) is 99.9 Å². The lowest BCUT2D eigenvalue weighted by Crippen LogP contribution is -2.30. The van der Waals surface area contributed by atoms with Gasteiger partial charge in [-0.05, 0) is 112 Å². The minimum absolute atomic E-state index is 0.0603. The summed E-state index contributed by atoms with van der Waals surface area (Å²) in [7, 11) is 0. The highest BCUT2D eigenvalue weighted by atomic mass is 19.2. The molecule has 3 aromatic carbocycles. The van der Waals surface area contributed by atoms with Gasteiger partial charge in [0.25, 0.3) is 0 Å². The quantitative estimate of drug-likeness (QED) is 0.116. The molecule has 10 heteroatoms. The number of halogens is 6. The van der Waals surface area contributed by atoms with E-state index < -0.39 is 63.7 Å². The van der Waals surface area contributed by atoms with Gasteiger partial charge in [0.15, 0.2) is 34.8 Å². The molecular weight excluding hydrogens is 622 g/mol. The molecule has 0 heterocycles. The number of unbranched alkanes of at least 4 members (excludes halogenated alkanes) is 1. The van der Waals surface area contributed by atoms with Crippen molar-refractivity contribution in [3.05, 3.63) is 82.4 Å². The van der Waals surface area contributed by atoms with Crippen LogP contribution in [0.15, 0.2) is 36.4 Å². The van der Waals surface area contributed by atoms with Gasteiger partial charge in [-0.25, -0.2) is 22.4 Å². The van der Waals surface area contributed by atoms with Crippen LogP contribution >= 0.6 is 0 Å². The van der Waals surface area contributed by atoms with Gasteiger partial charge in [0.2, 0.25) is 11.6 Å². The Bertz CT molecular complexity index is 1560. The molecule has 2 saturated carbocycles. The van der Waals surface area contributed by atoms with Gasteiger partial charge in [-0.3, -0.25) is 0 Å². The molecule has 0 bridgehead atoms. The molecule has 0 radical (unpaired) electrons. The van der Waals surface area contributed by atoms with Crippen molar-refractivity contribution in [1.29, 1.82) is 0 Å². The molecule has 0 spiro atoms. The van der Waals surface area contributed by atoms with E-state index in [1.54, 1.807) is 13.0 Å².